The van der Waals surface area contributed by atoms with E-state index in [1.807, 2.05) is 0 Å². The maximum Gasteiger partial charge on any atom is 0.309 e. The molecule has 3 unspecified atom stereocenters. The number of nitrogens with zero attached hydrogens (tertiary/aromatic N) is 2. The fourth-order valence-corrected chi connectivity index (χ4v) is 5.76. The molecule has 1 aliphatic carbocycles. The molecule has 3 N–H and O–H groups in total. The smallest absolute Gasteiger partial charge is 0.309 e. The van der Waals surface area contributed by atoms with E-state index in [0.717, 1.165) is 0 Å². The third-order valence-corrected chi connectivity index (χ3v) is 8.69. The summed E-state index contributed by atoms with van der Waals surface area (Å²) in [5.41, 5.74) is -1.87. The van der Waals surface area contributed by atoms with Gasteiger partial charge >= 0.3 is 11.9 Å². The first-order valence-electron chi connectivity index (χ1n) is 12.0. The highest BCUT2D eigenvalue weighted by Gasteiger charge is 2.58. The van der Waals surface area contributed by atoms with Crippen LogP contribution in [0.3, 0.4) is 0 Å². The number of carboxylic acids is 2. The van der Waals surface area contributed by atoms with Crippen LogP contribution in [0.15, 0.2) is 18.2 Å². The minimum atomic E-state index is -1.32. The Bertz CT molecular complexity index is 1100. The normalized spacial score (nSPS) is 23.9. The summed E-state index contributed by atoms with van der Waals surface area (Å²) in [5, 5.41) is 22.1. The van der Waals surface area contributed by atoms with E-state index in [1.165, 1.54) is 9.80 Å². The van der Waals surface area contributed by atoms with E-state index in [4.69, 9.17) is 23.2 Å². The van der Waals surface area contributed by atoms with Crippen LogP contribution in [-0.4, -0.2) is 81.9 Å². The minimum Gasteiger partial charge on any atom is -0.481 e. The second-order valence-electron chi connectivity index (χ2n) is 10.3. The van der Waals surface area contributed by atoms with Gasteiger partial charge < -0.3 is 25.3 Å². The molecule has 3 atom stereocenters. The predicted molar refractivity (Wildman–Crippen MR) is 135 cm³/mol. The van der Waals surface area contributed by atoms with Crippen molar-refractivity contribution in [2.45, 2.75) is 46.1 Å². The van der Waals surface area contributed by atoms with Crippen molar-refractivity contribution in [1.82, 2.24) is 15.1 Å². The van der Waals surface area contributed by atoms with Crippen molar-refractivity contribution < 1.29 is 34.2 Å². The van der Waals surface area contributed by atoms with E-state index in [2.05, 4.69) is 5.32 Å². The number of benzene rings is 1. The van der Waals surface area contributed by atoms with E-state index >= 15 is 0 Å². The molecule has 1 aliphatic heterocycles. The number of halogens is 2. The largest absolute Gasteiger partial charge is 0.481 e. The third-order valence-electron chi connectivity index (χ3n) is 8.06. The number of nitrogens with one attached hydrogen (secondary N) is 1. The number of hydrogen-bond donors (Lipinski definition) is 3. The molecule has 12 heteroatoms. The Kier molecular flexibility index (Phi) is 8.44. The van der Waals surface area contributed by atoms with E-state index < -0.39 is 53.0 Å². The van der Waals surface area contributed by atoms with Crippen molar-refractivity contribution in [2.24, 2.45) is 16.7 Å². The lowest BCUT2D eigenvalue weighted by Gasteiger charge is -2.39. The van der Waals surface area contributed by atoms with Gasteiger partial charge in [0.05, 0.1) is 27.4 Å². The molecule has 0 spiro atoms. The van der Waals surface area contributed by atoms with Crippen molar-refractivity contribution >= 4 is 52.9 Å². The van der Waals surface area contributed by atoms with Crippen LogP contribution in [-0.2, 0) is 19.2 Å². The Balaban J connectivity index is 1.68. The van der Waals surface area contributed by atoms with Crippen LogP contribution in [0.2, 0.25) is 10.0 Å². The first-order chi connectivity index (χ1) is 17.2. The molecule has 1 aromatic rings. The number of aliphatic carboxylic acids is 2. The van der Waals surface area contributed by atoms with Crippen LogP contribution in [0.1, 0.15) is 50.4 Å². The molecule has 0 bridgehead atoms. The zero-order chi connectivity index (χ0) is 27.7. The van der Waals surface area contributed by atoms with Crippen molar-refractivity contribution in [3.05, 3.63) is 33.8 Å². The summed E-state index contributed by atoms with van der Waals surface area (Å²) in [6.45, 7) is 5.61. The van der Waals surface area contributed by atoms with E-state index in [0.29, 0.717) is 6.42 Å². The predicted octanol–water partition coefficient (Wildman–Crippen LogP) is 2.76. The molecular formula is C25H31Cl2N3O7. The Morgan fingerprint density at radius 3 is 2.03 bits per heavy atom. The molecule has 0 radical (unpaired) electrons. The zero-order valence-corrected chi connectivity index (χ0v) is 22.4. The molecule has 1 saturated carbocycles. The van der Waals surface area contributed by atoms with Crippen molar-refractivity contribution in [2.75, 3.05) is 26.2 Å². The van der Waals surface area contributed by atoms with Crippen LogP contribution < -0.4 is 5.32 Å². The molecule has 1 heterocycles. The van der Waals surface area contributed by atoms with E-state index in [9.17, 15) is 34.2 Å². The molecule has 1 aromatic carbocycles. The van der Waals surface area contributed by atoms with Crippen LogP contribution in [0.5, 0.6) is 0 Å². The fourth-order valence-electron chi connectivity index (χ4n) is 5.20. The lowest BCUT2D eigenvalue weighted by atomic mass is 9.65. The van der Waals surface area contributed by atoms with Gasteiger partial charge in [-0.05, 0) is 37.3 Å². The summed E-state index contributed by atoms with van der Waals surface area (Å²) in [6, 6.07) is 3.43. The van der Waals surface area contributed by atoms with Crippen molar-refractivity contribution in [1.29, 1.82) is 0 Å². The monoisotopic (exact) mass is 555 g/mol. The number of piperazine rings is 1. The fraction of sp³-hybridized carbons (Fsp3) is 0.560. The number of carbonyl (C=O) groups excluding carboxylic acids is 3. The molecule has 1 saturated heterocycles. The van der Waals surface area contributed by atoms with Crippen molar-refractivity contribution in [3.63, 3.8) is 0 Å². The summed E-state index contributed by atoms with van der Waals surface area (Å²) in [7, 11) is 0. The van der Waals surface area contributed by atoms with Crippen LogP contribution in [0, 0.1) is 16.7 Å². The van der Waals surface area contributed by atoms with Gasteiger partial charge in [-0.15, -0.1) is 0 Å². The second kappa shape index (κ2) is 10.9. The SMILES string of the molecule is CC1(C(=O)O)CCC(C(=O)NC(CC(=O)O)C(=O)N2CCN(C(=O)c3c(Cl)cccc3Cl)CC2)C1(C)C. The number of carbonyl (C=O) groups is 5. The summed E-state index contributed by atoms with van der Waals surface area (Å²) < 4.78 is 0. The van der Waals surface area contributed by atoms with E-state index in [-0.39, 0.29) is 54.1 Å². The van der Waals surface area contributed by atoms with Crippen LogP contribution in [0.4, 0.5) is 0 Å². The lowest BCUT2D eigenvalue weighted by molar-refractivity contribution is -0.155. The van der Waals surface area contributed by atoms with Crippen LogP contribution >= 0.6 is 23.2 Å². The standard InChI is InChI=1S/C25H31Cl2N3O7/c1-24(2)14(7-8-25(24,3)23(36)37)20(33)28-17(13-18(31)32)21(34)29-9-11-30(12-10-29)22(35)19-15(26)5-4-6-16(19)27/h4-6,14,17H,7-13H2,1-3H3,(H,28,33)(H,31,32)(H,36,37). The molecule has 3 amide bonds. The quantitative estimate of drug-likeness (QED) is 0.469. The highest BCUT2D eigenvalue weighted by atomic mass is 35.5. The number of hydrogen-bond acceptors (Lipinski definition) is 5. The average molecular weight is 556 g/mol. The van der Waals surface area contributed by atoms with E-state index in [1.54, 1.807) is 39.0 Å². The minimum absolute atomic E-state index is 0.130. The van der Waals surface area contributed by atoms with Gasteiger partial charge in [0.15, 0.2) is 0 Å². The Labute approximate surface area is 224 Å². The molecule has 3 rings (SSSR count). The van der Waals surface area contributed by atoms with Crippen molar-refractivity contribution in [3.8, 4) is 0 Å². The maximum atomic E-state index is 13.2. The molecule has 10 nitrogen and oxygen atoms in total. The molecular weight excluding hydrogens is 525 g/mol. The van der Waals surface area contributed by atoms with Gasteiger partial charge in [0.2, 0.25) is 11.8 Å². The number of rotatable bonds is 7. The first-order valence-corrected chi connectivity index (χ1v) is 12.7. The highest BCUT2D eigenvalue weighted by molar-refractivity contribution is 6.39. The van der Waals surface area contributed by atoms with Gasteiger partial charge in [-0.3, -0.25) is 24.0 Å². The molecule has 0 aromatic heterocycles. The third kappa shape index (κ3) is 5.55. The summed E-state index contributed by atoms with van der Waals surface area (Å²) in [4.78, 5) is 65.6. The first kappa shape index (κ1) is 28.7. The topological polar surface area (TPSA) is 144 Å². The van der Waals surface area contributed by atoms with Gasteiger partial charge in [0.25, 0.3) is 5.91 Å². The van der Waals surface area contributed by atoms with Gasteiger partial charge in [0, 0.05) is 32.1 Å². The number of amides is 3. The van der Waals surface area contributed by atoms with Gasteiger partial charge in [-0.25, -0.2) is 0 Å². The summed E-state index contributed by atoms with van der Waals surface area (Å²) in [5.74, 6) is -4.46. The Morgan fingerprint density at radius 1 is 1.00 bits per heavy atom. The van der Waals surface area contributed by atoms with Gasteiger partial charge in [-0.2, -0.15) is 0 Å². The van der Waals surface area contributed by atoms with Crippen LogP contribution in [0.25, 0.3) is 0 Å². The molecule has 202 valence electrons. The lowest BCUT2D eigenvalue weighted by Crippen LogP contribution is -2.57. The Hall–Kier alpha value is -2.85. The zero-order valence-electron chi connectivity index (χ0n) is 20.9. The number of carboxylic acid groups (broad SMARTS) is 2. The summed E-state index contributed by atoms with van der Waals surface area (Å²) in [6.07, 6.45) is -0.0281. The highest BCUT2D eigenvalue weighted by Crippen LogP contribution is 2.56. The summed E-state index contributed by atoms with van der Waals surface area (Å²) >= 11 is 12.3. The molecule has 2 aliphatic rings. The molecule has 2 fully saturated rings. The second-order valence-corrected chi connectivity index (χ2v) is 11.1. The molecule has 37 heavy (non-hydrogen) atoms. The average Bonchev–Trinajstić information content (AvgIpc) is 3.07. The Morgan fingerprint density at radius 2 is 1.54 bits per heavy atom. The maximum absolute atomic E-state index is 13.2. The van der Waals surface area contributed by atoms with Gasteiger partial charge in [-0.1, -0.05) is 43.1 Å². The van der Waals surface area contributed by atoms with Gasteiger partial charge in [0.1, 0.15) is 6.04 Å².